The second kappa shape index (κ2) is 10.2. The molecule has 0 aromatic carbocycles. The second-order valence-corrected chi connectivity index (χ2v) is 17.2. The molecule has 226 valence electrons. The Balaban J connectivity index is 1.33. The molecule has 0 aromatic rings. The fourth-order valence-corrected chi connectivity index (χ4v) is 13.2. The maximum Gasteiger partial charge on any atom is 0.107 e. The Labute approximate surface area is 240 Å². The van der Waals surface area contributed by atoms with Gasteiger partial charge in [-0.1, -0.05) is 54.9 Å². The summed E-state index contributed by atoms with van der Waals surface area (Å²) >= 11 is 0. The van der Waals surface area contributed by atoms with Crippen LogP contribution >= 0.6 is 0 Å². The highest BCUT2D eigenvalue weighted by atomic mass is 16.4. The first kappa shape index (κ1) is 30.3. The van der Waals surface area contributed by atoms with Crippen molar-refractivity contribution in [1.29, 1.82) is 0 Å². The minimum Gasteiger partial charge on any atom is -0.390 e. The Morgan fingerprint density at radius 3 is 1.92 bits per heavy atom. The van der Waals surface area contributed by atoms with Crippen molar-refractivity contribution in [3.8, 4) is 0 Å². The quantitative estimate of drug-likeness (QED) is 0.279. The minimum atomic E-state index is -1.14. The van der Waals surface area contributed by atoms with Gasteiger partial charge in [-0.25, -0.2) is 0 Å². The summed E-state index contributed by atoms with van der Waals surface area (Å²) in [5, 5.41) is 30.6. The van der Waals surface area contributed by atoms with Gasteiger partial charge in [0, 0.05) is 6.54 Å². The molecule has 5 fully saturated rings. The Kier molecular flexibility index (Phi) is 7.95. The third kappa shape index (κ3) is 4.42. The molecule has 0 aromatic heterocycles. The van der Waals surface area contributed by atoms with Gasteiger partial charge in [-0.2, -0.15) is 0 Å². The van der Waals surface area contributed by atoms with Gasteiger partial charge in [0.2, 0.25) is 0 Å². The second-order valence-electron chi connectivity index (χ2n) is 17.2. The molecule has 5 saturated carbocycles. The summed E-state index contributed by atoms with van der Waals surface area (Å²) in [5.41, 5.74) is 7.83. The van der Waals surface area contributed by atoms with Crippen LogP contribution < -0.4 is 5.73 Å². The van der Waals surface area contributed by atoms with Gasteiger partial charge in [0.1, 0.15) is 6.10 Å². The number of rotatable bonds is 7. The molecule has 0 heterocycles. The molecule has 5 N–H and O–H groups in total. The van der Waals surface area contributed by atoms with Crippen LogP contribution in [0.25, 0.3) is 0 Å². The Morgan fingerprint density at radius 1 is 0.667 bits per heavy atom. The van der Waals surface area contributed by atoms with Crippen LogP contribution in [0.3, 0.4) is 0 Å². The lowest BCUT2D eigenvalue weighted by Crippen LogP contribution is -2.65. The molecule has 0 spiro atoms. The van der Waals surface area contributed by atoms with E-state index >= 15 is 0 Å². The lowest BCUT2D eigenvalue weighted by molar-refractivity contribution is -0.241. The van der Waals surface area contributed by atoms with E-state index in [9.17, 15) is 15.3 Å². The van der Waals surface area contributed by atoms with Crippen molar-refractivity contribution in [2.75, 3.05) is 6.54 Å². The van der Waals surface area contributed by atoms with Gasteiger partial charge in [-0.15, -0.1) is 0 Å². The highest BCUT2D eigenvalue weighted by Gasteiger charge is 2.70. The standard InChI is InChI=1S/C35H63NO3/c1-22(9-10-25(37)30(39)26(38)21-36)23-13-18-32(4)24(23)14-19-34(6)28(32)11-12-29-33(5)17-8-16-31(2,3)27(33)15-20-35(29,34)7/h22-30,37-39H,8-21,36H2,1-7H3/t22-,23-,24+,25?,26?,27+,28-,29-,30?,32+,33+,34-,35-/m1/s1. The number of hydrogen-bond donors (Lipinski definition) is 4. The number of nitrogens with two attached hydrogens (primary N) is 1. The third-order valence-electron chi connectivity index (χ3n) is 15.4. The van der Waals surface area contributed by atoms with Gasteiger partial charge < -0.3 is 21.1 Å². The average Bonchev–Trinajstić information content (AvgIpc) is 3.23. The molecule has 5 aliphatic carbocycles. The fourth-order valence-electron chi connectivity index (χ4n) is 13.2. The van der Waals surface area contributed by atoms with Gasteiger partial charge in [-0.05, 0) is 140 Å². The van der Waals surface area contributed by atoms with Crippen LogP contribution in [0.15, 0.2) is 0 Å². The molecule has 5 aliphatic rings. The van der Waals surface area contributed by atoms with Crippen LogP contribution in [0.4, 0.5) is 0 Å². The van der Waals surface area contributed by atoms with E-state index in [0.29, 0.717) is 45.3 Å². The van der Waals surface area contributed by atoms with E-state index < -0.39 is 18.3 Å². The Morgan fingerprint density at radius 2 is 1.28 bits per heavy atom. The predicted molar refractivity (Wildman–Crippen MR) is 160 cm³/mol. The Bertz CT molecular complexity index is 891. The fraction of sp³-hybridized carbons (Fsp3) is 1.00. The van der Waals surface area contributed by atoms with E-state index in [4.69, 9.17) is 5.73 Å². The van der Waals surface area contributed by atoms with Crippen LogP contribution in [0, 0.1) is 62.6 Å². The van der Waals surface area contributed by atoms with Crippen molar-refractivity contribution in [2.45, 2.75) is 150 Å². The maximum atomic E-state index is 10.5. The van der Waals surface area contributed by atoms with E-state index in [1.165, 1.54) is 70.6 Å². The zero-order chi connectivity index (χ0) is 28.6. The molecule has 13 atom stereocenters. The first-order chi connectivity index (χ1) is 18.2. The van der Waals surface area contributed by atoms with Gasteiger partial charge >= 0.3 is 0 Å². The molecular formula is C35H63NO3. The van der Waals surface area contributed by atoms with Crippen LogP contribution in [0.5, 0.6) is 0 Å². The van der Waals surface area contributed by atoms with Gasteiger partial charge in [0.25, 0.3) is 0 Å². The van der Waals surface area contributed by atoms with E-state index in [0.717, 1.165) is 30.1 Å². The highest BCUT2D eigenvalue weighted by molar-refractivity contribution is 5.19. The predicted octanol–water partition coefficient (Wildman–Crippen LogP) is 6.94. The summed E-state index contributed by atoms with van der Waals surface area (Å²) in [7, 11) is 0. The smallest absolute Gasteiger partial charge is 0.107 e. The molecule has 3 unspecified atom stereocenters. The number of aliphatic hydroxyl groups excluding tert-OH is 3. The van der Waals surface area contributed by atoms with E-state index in [2.05, 4.69) is 48.5 Å². The lowest BCUT2D eigenvalue weighted by Gasteiger charge is -2.73. The monoisotopic (exact) mass is 545 g/mol. The molecule has 5 rings (SSSR count). The van der Waals surface area contributed by atoms with Crippen LogP contribution in [-0.2, 0) is 0 Å². The van der Waals surface area contributed by atoms with E-state index in [1.807, 2.05) is 0 Å². The van der Waals surface area contributed by atoms with Crippen LogP contribution in [-0.4, -0.2) is 40.2 Å². The summed E-state index contributed by atoms with van der Waals surface area (Å²) in [6.45, 7) is 18.4. The first-order valence-corrected chi connectivity index (χ1v) is 16.9. The topological polar surface area (TPSA) is 86.7 Å². The highest BCUT2D eigenvalue weighted by Crippen LogP contribution is 2.78. The molecule has 39 heavy (non-hydrogen) atoms. The third-order valence-corrected chi connectivity index (χ3v) is 15.4. The van der Waals surface area contributed by atoms with Gasteiger partial charge in [0.05, 0.1) is 12.2 Å². The van der Waals surface area contributed by atoms with Crippen molar-refractivity contribution >= 4 is 0 Å². The van der Waals surface area contributed by atoms with E-state index in [-0.39, 0.29) is 6.54 Å². The molecule has 0 aliphatic heterocycles. The van der Waals surface area contributed by atoms with Crippen molar-refractivity contribution in [3.05, 3.63) is 0 Å². The summed E-state index contributed by atoms with van der Waals surface area (Å²) in [6, 6.07) is 0. The Hall–Kier alpha value is -0.160. The normalized spacial score (nSPS) is 50.1. The summed E-state index contributed by atoms with van der Waals surface area (Å²) in [6.07, 6.45) is 13.8. The molecule has 0 saturated heterocycles. The zero-order valence-corrected chi connectivity index (χ0v) is 26.5. The van der Waals surface area contributed by atoms with Crippen molar-refractivity contribution < 1.29 is 15.3 Å². The average molecular weight is 546 g/mol. The maximum absolute atomic E-state index is 10.5. The SMILES string of the molecule is C[C@H](CCC(O)C(O)C(O)CN)[C@H]1CC[C@]2(C)[C@H]3CC[C@@H]4[C@@]5(C)CCCC(C)(C)[C@@H]5CC[C@@]4(C)[C@]3(C)CC[C@@H]12. The molecule has 4 heteroatoms. The molecular weight excluding hydrogens is 482 g/mol. The molecule has 0 amide bonds. The summed E-state index contributed by atoms with van der Waals surface area (Å²) < 4.78 is 0. The number of aliphatic hydroxyl groups is 3. The summed E-state index contributed by atoms with van der Waals surface area (Å²) in [4.78, 5) is 0. The summed E-state index contributed by atoms with van der Waals surface area (Å²) in [5.74, 6) is 4.61. The van der Waals surface area contributed by atoms with Crippen molar-refractivity contribution in [2.24, 2.45) is 68.3 Å². The molecule has 4 nitrogen and oxygen atoms in total. The van der Waals surface area contributed by atoms with Crippen molar-refractivity contribution in [3.63, 3.8) is 0 Å². The zero-order valence-electron chi connectivity index (χ0n) is 26.5. The number of fused-ring (bicyclic) bond motifs is 7. The van der Waals surface area contributed by atoms with Crippen LogP contribution in [0.1, 0.15) is 132 Å². The molecule has 0 bridgehead atoms. The first-order valence-electron chi connectivity index (χ1n) is 16.9. The minimum absolute atomic E-state index is 0.0195. The largest absolute Gasteiger partial charge is 0.390 e. The van der Waals surface area contributed by atoms with E-state index in [1.54, 1.807) is 0 Å². The van der Waals surface area contributed by atoms with Gasteiger partial charge in [-0.3, -0.25) is 0 Å². The molecule has 0 radical (unpaired) electrons. The lowest BCUT2D eigenvalue weighted by atomic mass is 9.32. The van der Waals surface area contributed by atoms with Gasteiger partial charge in [0.15, 0.2) is 0 Å². The van der Waals surface area contributed by atoms with Crippen LogP contribution in [0.2, 0.25) is 0 Å². The number of hydrogen-bond acceptors (Lipinski definition) is 4. The van der Waals surface area contributed by atoms with Crippen molar-refractivity contribution in [1.82, 2.24) is 0 Å².